The number of amides is 1. The molecule has 0 spiro atoms. The van der Waals surface area contributed by atoms with Crippen molar-refractivity contribution in [1.82, 2.24) is 15.4 Å². The summed E-state index contributed by atoms with van der Waals surface area (Å²) in [5, 5.41) is 15.1. The minimum absolute atomic E-state index is 0.178. The first kappa shape index (κ1) is 15.7. The van der Waals surface area contributed by atoms with Crippen molar-refractivity contribution in [3.8, 4) is 0 Å². The van der Waals surface area contributed by atoms with Crippen LogP contribution in [0.4, 0.5) is 5.82 Å². The third kappa shape index (κ3) is 3.96. The highest BCUT2D eigenvalue weighted by molar-refractivity contribution is 8.01. The molecule has 0 fully saturated rings. The summed E-state index contributed by atoms with van der Waals surface area (Å²) < 4.78 is 5.73. The van der Waals surface area contributed by atoms with Crippen molar-refractivity contribution in [2.75, 3.05) is 5.32 Å². The molecule has 0 aliphatic carbocycles. The maximum atomic E-state index is 12.7. The Balaban J connectivity index is 1.83. The molecule has 2 aromatic heterocycles. The summed E-state index contributed by atoms with van der Waals surface area (Å²) >= 11 is 2.84. The van der Waals surface area contributed by atoms with Crippen molar-refractivity contribution in [1.29, 1.82) is 0 Å². The Morgan fingerprint density at radius 3 is 2.65 bits per heavy atom. The molecule has 0 saturated carbocycles. The van der Waals surface area contributed by atoms with E-state index in [9.17, 15) is 4.79 Å². The minimum Gasteiger partial charge on any atom is -0.360 e. The van der Waals surface area contributed by atoms with Crippen molar-refractivity contribution in [3.63, 3.8) is 0 Å². The van der Waals surface area contributed by atoms with Gasteiger partial charge in [-0.1, -0.05) is 58.6 Å². The Morgan fingerprint density at radius 1 is 1.26 bits per heavy atom. The van der Waals surface area contributed by atoms with Gasteiger partial charge in [0.15, 0.2) is 10.2 Å². The van der Waals surface area contributed by atoms with Gasteiger partial charge in [-0.05, 0) is 19.4 Å². The van der Waals surface area contributed by atoms with Crippen LogP contribution in [-0.4, -0.2) is 21.3 Å². The molecule has 0 saturated heterocycles. The topological polar surface area (TPSA) is 80.9 Å². The lowest BCUT2D eigenvalue weighted by Gasteiger charge is -2.14. The summed E-state index contributed by atoms with van der Waals surface area (Å²) in [4.78, 5) is 12.7. The number of carbonyl (C=O) groups is 1. The second-order valence-electron chi connectivity index (χ2n) is 4.81. The van der Waals surface area contributed by atoms with E-state index in [4.69, 9.17) is 4.52 Å². The molecule has 0 aliphatic rings. The van der Waals surface area contributed by atoms with Crippen LogP contribution in [0.15, 0.2) is 45.3 Å². The quantitative estimate of drug-likeness (QED) is 0.711. The van der Waals surface area contributed by atoms with E-state index in [0.29, 0.717) is 11.6 Å². The largest absolute Gasteiger partial charge is 0.360 e. The van der Waals surface area contributed by atoms with E-state index in [1.807, 2.05) is 37.3 Å². The van der Waals surface area contributed by atoms with E-state index in [1.54, 1.807) is 13.0 Å². The molecule has 0 unspecified atom stereocenters. The lowest BCUT2D eigenvalue weighted by molar-refractivity contribution is -0.115. The molecule has 0 bridgehead atoms. The number of rotatable bonds is 5. The summed E-state index contributed by atoms with van der Waals surface area (Å²) in [6.45, 7) is 3.66. The van der Waals surface area contributed by atoms with Crippen LogP contribution in [-0.2, 0) is 4.79 Å². The first-order valence-corrected chi connectivity index (χ1v) is 8.57. The first-order chi connectivity index (χ1) is 11.1. The van der Waals surface area contributed by atoms with Crippen molar-refractivity contribution < 1.29 is 9.32 Å². The smallest absolute Gasteiger partial charge is 0.243 e. The van der Waals surface area contributed by atoms with Gasteiger partial charge in [0.1, 0.15) is 16.0 Å². The molecule has 6 nitrogen and oxygen atoms in total. The van der Waals surface area contributed by atoms with Gasteiger partial charge in [-0.15, -0.1) is 10.2 Å². The normalized spacial score (nSPS) is 12.1. The van der Waals surface area contributed by atoms with E-state index < -0.39 is 5.25 Å². The molecule has 118 valence electrons. The zero-order valence-electron chi connectivity index (χ0n) is 12.5. The third-order valence-electron chi connectivity index (χ3n) is 2.95. The Hall–Kier alpha value is -2.19. The molecule has 1 atom stereocenters. The maximum absolute atomic E-state index is 12.7. The number of aryl methyl sites for hydroxylation is 2. The van der Waals surface area contributed by atoms with Crippen LogP contribution in [0.3, 0.4) is 0 Å². The molecule has 3 aromatic rings. The van der Waals surface area contributed by atoms with Crippen molar-refractivity contribution >= 4 is 34.8 Å². The van der Waals surface area contributed by atoms with Gasteiger partial charge < -0.3 is 9.84 Å². The first-order valence-electron chi connectivity index (χ1n) is 6.88. The molecule has 1 amide bonds. The summed E-state index contributed by atoms with van der Waals surface area (Å²) in [7, 11) is 0. The SMILES string of the molecule is Cc1cc(NC(=O)[C@@H](Sc2nnc(C)s2)c2ccccc2)no1. The summed E-state index contributed by atoms with van der Waals surface area (Å²) in [5.74, 6) is 0.869. The zero-order valence-corrected chi connectivity index (χ0v) is 14.1. The number of nitrogens with one attached hydrogen (secondary N) is 1. The summed E-state index contributed by atoms with van der Waals surface area (Å²) in [6, 6.07) is 11.2. The predicted octanol–water partition coefficient (Wildman–Crippen LogP) is 3.62. The number of hydrogen-bond acceptors (Lipinski definition) is 7. The number of benzene rings is 1. The Labute approximate surface area is 141 Å². The number of anilines is 1. The molecule has 1 aromatic carbocycles. The fourth-order valence-electron chi connectivity index (χ4n) is 1.94. The van der Waals surface area contributed by atoms with Gasteiger partial charge in [0.2, 0.25) is 5.91 Å². The Bertz CT molecular complexity index is 801. The van der Waals surface area contributed by atoms with Gasteiger partial charge in [-0.25, -0.2) is 0 Å². The van der Waals surface area contributed by atoms with E-state index >= 15 is 0 Å². The molecular formula is C15H14N4O2S2. The predicted molar refractivity (Wildman–Crippen MR) is 89.6 cm³/mol. The van der Waals surface area contributed by atoms with E-state index in [2.05, 4.69) is 20.7 Å². The zero-order chi connectivity index (χ0) is 16.2. The molecule has 8 heteroatoms. The monoisotopic (exact) mass is 346 g/mol. The molecule has 0 aliphatic heterocycles. The van der Waals surface area contributed by atoms with Gasteiger partial charge in [0, 0.05) is 6.07 Å². The second-order valence-corrected chi connectivity index (χ2v) is 7.34. The van der Waals surface area contributed by atoms with E-state index in [1.165, 1.54) is 23.1 Å². The highest BCUT2D eigenvalue weighted by Crippen LogP contribution is 2.37. The number of carbonyl (C=O) groups excluding carboxylic acids is 1. The van der Waals surface area contributed by atoms with Crippen LogP contribution in [0.2, 0.25) is 0 Å². The van der Waals surface area contributed by atoms with Gasteiger partial charge >= 0.3 is 0 Å². The molecule has 23 heavy (non-hydrogen) atoms. The number of hydrogen-bond donors (Lipinski definition) is 1. The molecule has 1 N–H and O–H groups in total. The van der Waals surface area contributed by atoms with Crippen LogP contribution >= 0.6 is 23.1 Å². The van der Waals surface area contributed by atoms with Gasteiger partial charge in [0.25, 0.3) is 0 Å². The van der Waals surface area contributed by atoms with Crippen LogP contribution in [0.5, 0.6) is 0 Å². The minimum atomic E-state index is -0.444. The highest BCUT2D eigenvalue weighted by atomic mass is 32.2. The van der Waals surface area contributed by atoms with Crippen LogP contribution in [0.25, 0.3) is 0 Å². The van der Waals surface area contributed by atoms with Gasteiger partial charge in [-0.3, -0.25) is 4.79 Å². The lowest BCUT2D eigenvalue weighted by Crippen LogP contribution is -2.19. The Kier molecular flexibility index (Phi) is 4.73. The number of aromatic nitrogens is 3. The van der Waals surface area contributed by atoms with Crippen LogP contribution < -0.4 is 5.32 Å². The lowest BCUT2D eigenvalue weighted by atomic mass is 10.1. The molecule has 2 heterocycles. The fourth-order valence-corrected chi connectivity index (χ4v) is 3.95. The third-order valence-corrected chi connectivity index (χ3v) is 5.12. The average Bonchev–Trinajstić information content (AvgIpc) is 3.14. The number of thioether (sulfide) groups is 1. The summed E-state index contributed by atoms with van der Waals surface area (Å²) in [5.41, 5.74) is 0.892. The van der Waals surface area contributed by atoms with Crippen LogP contribution in [0.1, 0.15) is 21.6 Å². The maximum Gasteiger partial charge on any atom is 0.243 e. The molecule has 3 rings (SSSR count). The summed E-state index contributed by atoms with van der Waals surface area (Å²) in [6.07, 6.45) is 0. The standard InChI is InChI=1S/C15H14N4O2S2/c1-9-8-12(19-21-9)16-14(20)13(11-6-4-3-5-7-11)23-15-18-17-10(2)22-15/h3-8,13H,1-2H3,(H,16,19,20)/t13-/m0/s1. The average molecular weight is 346 g/mol. The number of nitrogens with zero attached hydrogens (tertiary/aromatic N) is 3. The second kappa shape index (κ2) is 6.93. The van der Waals surface area contributed by atoms with Crippen molar-refractivity contribution in [2.45, 2.75) is 23.4 Å². The van der Waals surface area contributed by atoms with E-state index in [-0.39, 0.29) is 5.91 Å². The van der Waals surface area contributed by atoms with Crippen molar-refractivity contribution in [2.24, 2.45) is 0 Å². The molecule has 0 radical (unpaired) electrons. The fraction of sp³-hybridized carbons (Fsp3) is 0.200. The van der Waals surface area contributed by atoms with Crippen molar-refractivity contribution in [3.05, 3.63) is 52.7 Å². The van der Waals surface area contributed by atoms with Crippen LogP contribution in [0, 0.1) is 13.8 Å². The van der Waals surface area contributed by atoms with Gasteiger partial charge in [0.05, 0.1) is 0 Å². The highest BCUT2D eigenvalue weighted by Gasteiger charge is 2.24. The van der Waals surface area contributed by atoms with E-state index in [0.717, 1.165) is 14.9 Å². The molecular weight excluding hydrogens is 332 g/mol. The Morgan fingerprint density at radius 2 is 2.04 bits per heavy atom. The van der Waals surface area contributed by atoms with Gasteiger partial charge in [-0.2, -0.15) is 0 Å².